The first-order chi connectivity index (χ1) is 12.2. The highest BCUT2D eigenvalue weighted by Gasteiger charge is 2.09. The Morgan fingerprint density at radius 3 is 2.72 bits per heavy atom. The van der Waals surface area contributed by atoms with Gasteiger partial charge in [-0.1, -0.05) is 30.3 Å². The number of rotatable bonds is 3. The Balaban J connectivity index is 1.57. The smallest absolute Gasteiger partial charge is 0.263 e. The van der Waals surface area contributed by atoms with Crippen LogP contribution in [0, 0.1) is 0 Å². The van der Waals surface area contributed by atoms with E-state index in [0.29, 0.717) is 16.7 Å². The van der Waals surface area contributed by atoms with E-state index in [9.17, 15) is 9.59 Å². The van der Waals surface area contributed by atoms with Crippen molar-refractivity contribution in [1.29, 1.82) is 0 Å². The van der Waals surface area contributed by atoms with E-state index in [1.165, 1.54) is 10.9 Å². The van der Waals surface area contributed by atoms with Gasteiger partial charge in [-0.3, -0.25) is 14.2 Å². The number of carbonyl (C=O) groups is 1. The van der Waals surface area contributed by atoms with E-state index in [1.54, 1.807) is 18.3 Å². The van der Waals surface area contributed by atoms with Gasteiger partial charge in [-0.25, -0.2) is 9.97 Å². The fourth-order valence-electron chi connectivity index (χ4n) is 2.73. The summed E-state index contributed by atoms with van der Waals surface area (Å²) in [4.78, 5) is 32.8. The summed E-state index contributed by atoms with van der Waals surface area (Å²) in [6, 6.07) is 16.9. The summed E-state index contributed by atoms with van der Waals surface area (Å²) < 4.78 is 1.28. The summed E-state index contributed by atoms with van der Waals surface area (Å²) in [6.07, 6.45) is 2.92. The lowest BCUT2D eigenvalue weighted by molar-refractivity contribution is -0.116. The third-order valence-corrected chi connectivity index (χ3v) is 3.94. The van der Waals surface area contributed by atoms with Gasteiger partial charge in [0.2, 0.25) is 5.91 Å². The van der Waals surface area contributed by atoms with E-state index in [-0.39, 0.29) is 18.0 Å². The van der Waals surface area contributed by atoms with Crippen LogP contribution in [0.15, 0.2) is 71.9 Å². The van der Waals surface area contributed by atoms with Crippen molar-refractivity contribution in [3.8, 4) is 0 Å². The van der Waals surface area contributed by atoms with Crippen molar-refractivity contribution in [2.45, 2.75) is 6.54 Å². The third kappa shape index (κ3) is 2.97. The standard InChI is InChI=1S/C19H14N4O2/c24-17(22-15-8-7-13-4-1-2-5-14(13)10-15)11-23-12-21-18-16(19(23)25)6-3-9-20-18/h1-10,12H,11H2,(H,22,24). The number of pyridine rings is 1. The van der Waals surface area contributed by atoms with Crippen molar-refractivity contribution in [1.82, 2.24) is 14.5 Å². The second-order valence-corrected chi connectivity index (χ2v) is 5.66. The van der Waals surface area contributed by atoms with E-state index >= 15 is 0 Å². The molecule has 4 aromatic rings. The van der Waals surface area contributed by atoms with Crippen molar-refractivity contribution in [2.75, 3.05) is 5.32 Å². The van der Waals surface area contributed by atoms with Crippen LogP contribution in [0.5, 0.6) is 0 Å². The predicted molar refractivity (Wildman–Crippen MR) is 96.4 cm³/mol. The molecule has 0 bridgehead atoms. The van der Waals surface area contributed by atoms with E-state index in [0.717, 1.165) is 10.8 Å². The SMILES string of the molecule is O=C(Cn1cnc2ncccc2c1=O)Nc1ccc2ccccc2c1. The van der Waals surface area contributed by atoms with Gasteiger partial charge in [-0.15, -0.1) is 0 Å². The molecule has 4 rings (SSSR count). The summed E-state index contributed by atoms with van der Waals surface area (Å²) in [7, 11) is 0. The molecule has 0 spiro atoms. The van der Waals surface area contributed by atoms with E-state index < -0.39 is 0 Å². The molecule has 1 amide bonds. The molecule has 2 heterocycles. The minimum Gasteiger partial charge on any atom is -0.325 e. The van der Waals surface area contributed by atoms with Gasteiger partial charge in [0.05, 0.1) is 5.39 Å². The lowest BCUT2D eigenvalue weighted by atomic mass is 10.1. The van der Waals surface area contributed by atoms with Crippen LogP contribution in [0.2, 0.25) is 0 Å². The maximum atomic E-state index is 12.4. The van der Waals surface area contributed by atoms with Crippen LogP contribution in [0.4, 0.5) is 5.69 Å². The molecule has 122 valence electrons. The molecule has 25 heavy (non-hydrogen) atoms. The first kappa shape index (κ1) is 15.0. The average Bonchev–Trinajstić information content (AvgIpc) is 2.64. The van der Waals surface area contributed by atoms with Crippen molar-refractivity contribution in [3.05, 3.63) is 77.5 Å². The molecule has 2 aromatic carbocycles. The number of nitrogens with one attached hydrogen (secondary N) is 1. The topological polar surface area (TPSA) is 76.9 Å². The van der Waals surface area contributed by atoms with Gasteiger partial charge in [0.15, 0.2) is 5.65 Å². The lowest BCUT2D eigenvalue weighted by Gasteiger charge is -2.08. The second kappa shape index (κ2) is 6.16. The number of amides is 1. The molecule has 6 nitrogen and oxygen atoms in total. The molecule has 0 saturated heterocycles. The first-order valence-electron chi connectivity index (χ1n) is 7.79. The van der Waals surface area contributed by atoms with Crippen LogP contribution in [-0.2, 0) is 11.3 Å². The Kier molecular flexibility index (Phi) is 3.70. The fourth-order valence-corrected chi connectivity index (χ4v) is 2.73. The normalized spacial score (nSPS) is 10.9. The zero-order valence-electron chi connectivity index (χ0n) is 13.2. The lowest BCUT2D eigenvalue weighted by Crippen LogP contribution is -2.28. The zero-order valence-corrected chi connectivity index (χ0v) is 13.2. The number of nitrogens with zero attached hydrogens (tertiary/aromatic N) is 3. The predicted octanol–water partition coefficient (Wildman–Crippen LogP) is 2.58. The molecular formula is C19H14N4O2. The largest absolute Gasteiger partial charge is 0.325 e. The van der Waals surface area contributed by atoms with Gasteiger partial charge in [0, 0.05) is 11.9 Å². The number of benzene rings is 2. The summed E-state index contributed by atoms with van der Waals surface area (Å²) in [5.41, 5.74) is 0.776. The van der Waals surface area contributed by atoms with Gasteiger partial charge in [-0.05, 0) is 35.0 Å². The minimum atomic E-state index is -0.289. The fraction of sp³-hybridized carbons (Fsp3) is 0.0526. The van der Waals surface area contributed by atoms with Crippen molar-refractivity contribution in [3.63, 3.8) is 0 Å². The molecule has 0 aliphatic carbocycles. The maximum absolute atomic E-state index is 12.4. The molecule has 0 radical (unpaired) electrons. The molecule has 0 atom stereocenters. The summed E-state index contributed by atoms with van der Waals surface area (Å²) in [5.74, 6) is -0.289. The highest BCUT2D eigenvalue weighted by Crippen LogP contribution is 2.18. The molecule has 0 aliphatic heterocycles. The van der Waals surface area contributed by atoms with Gasteiger partial charge in [0.1, 0.15) is 12.9 Å². The molecule has 1 N–H and O–H groups in total. The number of fused-ring (bicyclic) bond motifs is 2. The van der Waals surface area contributed by atoms with E-state index in [1.807, 2.05) is 42.5 Å². The Morgan fingerprint density at radius 2 is 1.84 bits per heavy atom. The van der Waals surface area contributed by atoms with Gasteiger partial charge in [-0.2, -0.15) is 0 Å². The summed E-state index contributed by atoms with van der Waals surface area (Å²) in [6.45, 7) is -0.108. The Morgan fingerprint density at radius 1 is 1.00 bits per heavy atom. The van der Waals surface area contributed by atoms with Crippen LogP contribution >= 0.6 is 0 Å². The van der Waals surface area contributed by atoms with Crippen LogP contribution in [0.3, 0.4) is 0 Å². The van der Waals surface area contributed by atoms with E-state index in [2.05, 4.69) is 15.3 Å². The van der Waals surface area contributed by atoms with Crippen molar-refractivity contribution < 1.29 is 4.79 Å². The zero-order chi connectivity index (χ0) is 17.2. The Labute approximate surface area is 142 Å². The quantitative estimate of drug-likeness (QED) is 0.626. The number of hydrogen-bond acceptors (Lipinski definition) is 4. The van der Waals surface area contributed by atoms with Crippen LogP contribution < -0.4 is 10.9 Å². The number of aromatic nitrogens is 3. The van der Waals surface area contributed by atoms with Crippen molar-refractivity contribution >= 4 is 33.4 Å². The maximum Gasteiger partial charge on any atom is 0.263 e. The highest BCUT2D eigenvalue weighted by molar-refractivity contribution is 5.94. The molecule has 0 fully saturated rings. The number of hydrogen-bond donors (Lipinski definition) is 1. The van der Waals surface area contributed by atoms with Gasteiger partial charge < -0.3 is 5.32 Å². The molecule has 0 unspecified atom stereocenters. The number of anilines is 1. The van der Waals surface area contributed by atoms with Crippen molar-refractivity contribution in [2.24, 2.45) is 0 Å². The molecular weight excluding hydrogens is 316 g/mol. The van der Waals surface area contributed by atoms with Gasteiger partial charge in [0.25, 0.3) is 5.56 Å². The Hall–Kier alpha value is -3.54. The van der Waals surface area contributed by atoms with Crippen LogP contribution in [0.25, 0.3) is 21.8 Å². The molecule has 0 saturated carbocycles. The van der Waals surface area contributed by atoms with E-state index in [4.69, 9.17) is 0 Å². The second-order valence-electron chi connectivity index (χ2n) is 5.66. The molecule has 0 aliphatic rings. The van der Waals surface area contributed by atoms with Crippen LogP contribution in [0.1, 0.15) is 0 Å². The summed E-state index contributed by atoms with van der Waals surface area (Å²) >= 11 is 0. The minimum absolute atomic E-state index is 0.108. The molecule has 2 aromatic heterocycles. The van der Waals surface area contributed by atoms with Gasteiger partial charge >= 0.3 is 0 Å². The average molecular weight is 330 g/mol. The van der Waals surface area contributed by atoms with Crippen LogP contribution in [-0.4, -0.2) is 20.4 Å². The Bertz CT molecular complexity index is 1150. The number of carbonyl (C=O) groups excluding carboxylic acids is 1. The first-order valence-corrected chi connectivity index (χ1v) is 7.79. The monoisotopic (exact) mass is 330 g/mol. The summed E-state index contributed by atoms with van der Waals surface area (Å²) in [5, 5.41) is 5.35. The third-order valence-electron chi connectivity index (χ3n) is 3.94. The highest BCUT2D eigenvalue weighted by atomic mass is 16.2. The molecule has 6 heteroatoms.